The second kappa shape index (κ2) is 5.78. The van der Waals surface area contributed by atoms with Crippen LogP contribution in [0.3, 0.4) is 0 Å². The van der Waals surface area contributed by atoms with E-state index in [1.54, 1.807) is 29.6 Å². The zero-order chi connectivity index (χ0) is 11.2. The minimum Gasteiger partial charge on any atom is -0.271 e. The van der Waals surface area contributed by atoms with Crippen LogP contribution in [0.1, 0.15) is 11.1 Å². The molecular weight excluding hydrogens is 236 g/mol. The molecule has 0 fully saturated rings. The van der Waals surface area contributed by atoms with Crippen LogP contribution in [-0.4, -0.2) is 16.7 Å². The van der Waals surface area contributed by atoms with Gasteiger partial charge in [-0.2, -0.15) is 5.26 Å². The Morgan fingerprint density at radius 1 is 1.50 bits per heavy atom. The molecule has 0 saturated carbocycles. The van der Waals surface area contributed by atoms with Gasteiger partial charge in [-0.3, -0.25) is 4.99 Å². The molecule has 2 nitrogen and oxygen atoms in total. The topological polar surface area (TPSA) is 36.1 Å². The van der Waals surface area contributed by atoms with Crippen molar-refractivity contribution in [3.05, 3.63) is 40.8 Å². The Hall–Kier alpha value is -1.18. The Kier molecular flexibility index (Phi) is 4.09. The van der Waals surface area contributed by atoms with Crippen LogP contribution >= 0.6 is 23.5 Å². The van der Waals surface area contributed by atoms with Crippen molar-refractivity contribution in [1.82, 2.24) is 0 Å². The maximum absolute atomic E-state index is 8.76. The lowest BCUT2D eigenvalue weighted by Crippen LogP contribution is -1.76. The number of nitriles is 1. The minimum atomic E-state index is 0.694. The van der Waals surface area contributed by atoms with Gasteiger partial charge < -0.3 is 0 Å². The van der Waals surface area contributed by atoms with E-state index in [0.29, 0.717) is 5.56 Å². The van der Waals surface area contributed by atoms with Crippen LogP contribution in [0, 0.1) is 11.3 Å². The molecule has 4 heteroatoms. The average molecular weight is 246 g/mol. The van der Waals surface area contributed by atoms with E-state index in [9.17, 15) is 0 Å². The first-order chi connectivity index (χ1) is 7.88. The summed E-state index contributed by atoms with van der Waals surface area (Å²) in [5.41, 5.74) is 1.75. The van der Waals surface area contributed by atoms with Crippen molar-refractivity contribution in [3.8, 4) is 6.07 Å². The van der Waals surface area contributed by atoms with Gasteiger partial charge in [0.2, 0.25) is 0 Å². The van der Waals surface area contributed by atoms with Crippen LogP contribution in [0.2, 0.25) is 0 Å². The largest absolute Gasteiger partial charge is 0.271 e. The molecule has 0 bridgehead atoms. The van der Waals surface area contributed by atoms with E-state index in [2.05, 4.69) is 11.1 Å². The highest BCUT2D eigenvalue weighted by atomic mass is 32.2. The lowest BCUT2D eigenvalue weighted by atomic mass is 10.1. The fourth-order valence-electron chi connectivity index (χ4n) is 1.27. The second-order valence-corrected chi connectivity index (χ2v) is 5.39. The fourth-order valence-corrected chi connectivity index (χ4v) is 3.01. The second-order valence-electron chi connectivity index (χ2n) is 3.15. The van der Waals surface area contributed by atoms with Gasteiger partial charge in [-0.25, -0.2) is 0 Å². The summed E-state index contributed by atoms with van der Waals surface area (Å²) in [6, 6.07) is 9.69. The third-order valence-corrected chi connectivity index (χ3v) is 4.01. The van der Waals surface area contributed by atoms with Gasteiger partial charge in [-0.1, -0.05) is 35.7 Å². The van der Waals surface area contributed by atoms with Gasteiger partial charge in [0.1, 0.15) is 4.38 Å². The number of benzene rings is 1. The van der Waals surface area contributed by atoms with Crippen LogP contribution in [-0.2, 0) is 0 Å². The Bertz CT molecular complexity index is 472. The fraction of sp³-hybridized carbons (Fsp3) is 0.167. The maximum atomic E-state index is 8.76. The zero-order valence-corrected chi connectivity index (χ0v) is 10.2. The summed E-state index contributed by atoms with van der Waals surface area (Å²) in [6.45, 7) is 0.935. The molecule has 16 heavy (non-hydrogen) atoms. The molecule has 1 aliphatic heterocycles. The third kappa shape index (κ3) is 3.16. The molecule has 1 aromatic carbocycles. The summed E-state index contributed by atoms with van der Waals surface area (Å²) >= 11 is 3.44. The number of hydrogen-bond acceptors (Lipinski definition) is 4. The molecule has 0 atom stereocenters. The molecule has 0 unspecified atom stereocenters. The van der Waals surface area contributed by atoms with Gasteiger partial charge in [0.15, 0.2) is 0 Å². The summed E-state index contributed by atoms with van der Waals surface area (Å²) in [4.78, 5) is 4.34. The van der Waals surface area contributed by atoms with Gasteiger partial charge in [-0.05, 0) is 29.2 Å². The van der Waals surface area contributed by atoms with Crippen LogP contribution in [0.5, 0.6) is 0 Å². The van der Waals surface area contributed by atoms with Gasteiger partial charge in [0, 0.05) is 5.75 Å². The quantitative estimate of drug-likeness (QED) is 0.802. The summed E-state index contributed by atoms with van der Waals surface area (Å²) in [7, 11) is 0. The number of aliphatic imine (C=N–C) groups is 1. The van der Waals surface area contributed by atoms with Crippen molar-refractivity contribution >= 4 is 34.0 Å². The Balaban J connectivity index is 1.97. The van der Waals surface area contributed by atoms with E-state index in [0.717, 1.165) is 22.2 Å². The molecule has 0 radical (unpaired) electrons. The average Bonchev–Trinajstić information content (AvgIpc) is 2.82. The number of rotatable bonds is 2. The van der Waals surface area contributed by atoms with Crippen LogP contribution in [0.15, 0.2) is 34.7 Å². The summed E-state index contributed by atoms with van der Waals surface area (Å²) in [5.74, 6) is 1.10. The lowest BCUT2D eigenvalue weighted by Gasteiger charge is -1.94. The summed E-state index contributed by atoms with van der Waals surface area (Å²) in [5, 5.41) is 10.8. The van der Waals surface area contributed by atoms with Crippen molar-refractivity contribution in [3.63, 3.8) is 0 Å². The summed E-state index contributed by atoms with van der Waals surface area (Å²) in [6.07, 6.45) is 2.01. The minimum absolute atomic E-state index is 0.694. The normalized spacial score (nSPS) is 15.1. The third-order valence-electron chi connectivity index (χ3n) is 2.00. The Morgan fingerprint density at radius 3 is 3.19 bits per heavy atom. The van der Waals surface area contributed by atoms with Crippen molar-refractivity contribution in [1.29, 1.82) is 5.26 Å². The van der Waals surface area contributed by atoms with Crippen molar-refractivity contribution < 1.29 is 0 Å². The molecule has 0 N–H and O–H groups in total. The van der Waals surface area contributed by atoms with E-state index in [1.807, 2.05) is 29.7 Å². The van der Waals surface area contributed by atoms with Crippen molar-refractivity contribution in [2.45, 2.75) is 0 Å². The predicted octanol–water partition coefficient (Wildman–Crippen LogP) is 3.36. The smallest absolute Gasteiger partial charge is 0.128 e. The molecule has 1 aromatic rings. The molecule has 2 rings (SSSR count). The van der Waals surface area contributed by atoms with Crippen molar-refractivity contribution in [2.75, 3.05) is 12.3 Å². The molecular formula is C12H10N2S2. The molecule has 1 aliphatic rings. The maximum Gasteiger partial charge on any atom is 0.128 e. The number of thioether (sulfide) groups is 2. The van der Waals surface area contributed by atoms with E-state index in [4.69, 9.17) is 5.26 Å². The molecule has 0 amide bonds. The molecule has 0 aliphatic carbocycles. The monoisotopic (exact) mass is 246 g/mol. The Morgan fingerprint density at radius 2 is 2.44 bits per heavy atom. The van der Waals surface area contributed by atoms with E-state index >= 15 is 0 Å². The summed E-state index contributed by atoms with van der Waals surface area (Å²) < 4.78 is 1.13. The SMILES string of the molecule is N#Cc1cccc(/C=C/SC2=NCCS2)c1. The van der Waals surface area contributed by atoms with Crippen LogP contribution < -0.4 is 0 Å². The Labute approximate surface area is 103 Å². The predicted molar refractivity (Wildman–Crippen MR) is 72.5 cm³/mol. The number of nitrogens with zero attached hydrogens (tertiary/aromatic N) is 2. The molecule has 0 aromatic heterocycles. The molecule has 80 valence electrons. The molecule has 0 spiro atoms. The highest BCUT2D eigenvalue weighted by Crippen LogP contribution is 2.23. The lowest BCUT2D eigenvalue weighted by molar-refractivity contribution is 1.18. The van der Waals surface area contributed by atoms with Gasteiger partial charge in [-0.15, -0.1) is 0 Å². The van der Waals surface area contributed by atoms with Crippen molar-refractivity contribution in [2.24, 2.45) is 4.99 Å². The first-order valence-corrected chi connectivity index (χ1v) is 6.75. The van der Waals surface area contributed by atoms with E-state index in [1.165, 1.54) is 0 Å². The van der Waals surface area contributed by atoms with Crippen LogP contribution in [0.4, 0.5) is 0 Å². The molecule has 1 heterocycles. The molecule has 0 saturated heterocycles. The van der Waals surface area contributed by atoms with Gasteiger partial charge >= 0.3 is 0 Å². The van der Waals surface area contributed by atoms with E-state index in [-0.39, 0.29) is 0 Å². The standard InChI is InChI=1S/C12H10N2S2/c13-9-11-3-1-2-10(8-11)4-6-15-12-14-5-7-16-12/h1-4,6,8H,5,7H2/b6-4+. The number of hydrogen-bond donors (Lipinski definition) is 0. The van der Waals surface area contributed by atoms with E-state index < -0.39 is 0 Å². The zero-order valence-electron chi connectivity index (χ0n) is 8.59. The van der Waals surface area contributed by atoms with Gasteiger partial charge in [0.05, 0.1) is 18.2 Å². The highest BCUT2D eigenvalue weighted by molar-refractivity contribution is 8.40. The first-order valence-electron chi connectivity index (χ1n) is 4.89. The highest BCUT2D eigenvalue weighted by Gasteiger charge is 2.04. The van der Waals surface area contributed by atoms with Gasteiger partial charge in [0.25, 0.3) is 0 Å². The van der Waals surface area contributed by atoms with Crippen LogP contribution in [0.25, 0.3) is 6.08 Å². The first kappa shape index (κ1) is 11.3.